The highest BCUT2D eigenvalue weighted by molar-refractivity contribution is 5.89. The summed E-state index contributed by atoms with van der Waals surface area (Å²) in [4.78, 5) is 19.9. The number of carbonyl (C=O) groups is 1. The number of para-hydroxylation sites is 1. The van der Waals surface area contributed by atoms with Crippen LogP contribution in [0.3, 0.4) is 0 Å². The molecular weight excluding hydrogens is 478 g/mol. The van der Waals surface area contributed by atoms with Crippen molar-refractivity contribution in [2.24, 2.45) is 0 Å². The van der Waals surface area contributed by atoms with Crippen LogP contribution in [0.4, 0.5) is 0 Å². The number of carbonyl (C=O) groups excluding carboxylic acids is 1. The molecule has 0 aliphatic carbocycles. The molecule has 0 saturated heterocycles. The van der Waals surface area contributed by atoms with Gasteiger partial charge in [-0.1, -0.05) is 66.7 Å². The number of aromatic nitrogens is 2. The number of aliphatic hydroxyl groups excluding tert-OH is 1. The second-order valence-corrected chi connectivity index (χ2v) is 9.13. The van der Waals surface area contributed by atoms with Gasteiger partial charge in [-0.15, -0.1) is 0 Å². The first-order valence-corrected chi connectivity index (χ1v) is 12.5. The molecule has 7 nitrogen and oxygen atoms in total. The molecule has 0 saturated carbocycles. The number of H-pyrrole nitrogens is 1. The van der Waals surface area contributed by atoms with Crippen molar-refractivity contribution in [3.63, 3.8) is 0 Å². The first-order valence-electron chi connectivity index (χ1n) is 12.5. The summed E-state index contributed by atoms with van der Waals surface area (Å²) >= 11 is 0. The van der Waals surface area contributed by atoms with Crippen LogP contribution < -0.4 is 5.32 Å². The van der Waals surface area contributed by atoms with Gasteiger partial charge in [0.1, 0.15) is 5.75 Å². The second kappa shape index (κ2) is 11.7. The van der Waals surface area contributed by atoms with Gasteiger partial charge >= 0.3 is 0 Å². The van der Waals surface area contributed by atoms with Crippen molar-refractivity contribution >= 4 is 16.8 Å². The van der Waals surface area contributed by atoms with Gasteiger partial charge in [0.15, 0.2) is 0 Å². The number of aromatic amines is 1. The van der Waals surface area contributed by atoms with E-state index in [1.165, 1.54) is 0 Å². The lowest BCUT2D eigenvalue weighted by Gasteiger charge is -2.16. The van der Waals surface area contributed by atoms with Gasteiger partial charge in [0.2, 0.25) is 5.91 Å². The number of nitrogens with zero attached hydrogens (tertiary/aromatic N) is 1. The molecule has 2 aromatic heterocycles. The lowest BCUT2D eigenvalue weighted by Crippen LogP contribution is -2.36. The third-order valence-electron chi connectivity index (χ3n) is 6.44. The highest BCUT2D eigenvalue weighted by Gasteiger charge is 2.14. The Bertz CT molecular complexity index is 1480. The molecule has 0 aliphatic rings. The molecule has 38 heavy (non-hydrogen) atoms. The topological polar surface area (TPSA) is 107 Å². The lowest BCUT2D eigenvalue weighted by atomic mass is 9.98. The number of aromatic hydroxyl groups is 1. The molecule has 0 radical (unpaired) electrons. The molecule has 5 rings (SSSR count). The van der Waals surface area contributed by atoms with Crippen LogP contribution >= 0.6 is 0 Å². The summed E-state index contributed by atoms with van der Waals surface area (Å²) in [5, 5.41) is 24.5. The minimum Gasteiger partial charge on any atom is -0.507 e. The van der Waals surface area contributed by atoms with Crippen molar-refractivity contribution in [2.45, 2.75) is 19.1 Å². The van der Waals surface area contributed by atoms with Crippen molar-refractivity contribution in [3.05, 3.63) is 108 Å². The number of ether oxygens (including phenoxy) is 1. The van der Waals surface area contributed by atoms with Gasteiger partial charge in [-0.05, 0) is 34.9 Å². The van der Waals surface area contributed by atoms with E-state index in [1.807, 2.05) is 84.9 Å². The predicted octanol–water partition coefficient (Wildman–Crippen LogP) is 4.84. The standard InChI is InChI=1S/C31H29N3O4/c35-19-25(38-20-22-5-2-1-3-6-22)17-33-30(36)15-21-9-11-23(12-10-21)26-7-4-8-27(31(26)37)28-16-24-13-14-32-18-29(24)34-28/h1-14,16,18,25,34-35,37H,15,17,19-20H2,(H,33,36). The average Bonchev–Trinajstić information content (AvgIpc) is 3.38. The van der Waals surface area contributed by atoms with Crippen LogP contribution in [0.15, 0.2) is 97.3 Å². The largest absolute Gasteiger partial charge is 0.507 e. The molecule has 0 aliphatic heterocycles. The molecule has 192 valence electrons. The van der Waals surface area contributed by atoms with Gasteiger partial charge in [0.05, 0.1) is 43.1 Å². The molecule has 1 atom stereocenters. The van der Waals surface area contributed by atoms with Crippen molar-refractivity contribution in [3.8, 4) is 28.1 Å². The number of amides is 1. The molecule has 0 spiro atoms. The summed E-state index contributed by atoms with van der Waals surface area (Å²) in [5.74, 6) is 0.0284. The van der Waals surface area contributed by atoms with Crippen molar-refractivity contribution < 1.29 is 19.7 Å². The number of hydrogen-bond acceptors (Lipinski definition) is 5. The molecule has 1 unspecified atom stereocenters. The molecule has 5 aromatic rings. The minimum absolute atomic E-state index is 0.155. The zero-order valence-corrected chi connectivity index (χ0v) is 20.8. The SMILES string of the molecule is O=C(Cc1ccc(-c2cccc(-c3cc4ccncc4[nH]3)c2O)cc1)NCC(CO)OCc1ccccc1. The van der Waals surface area contributed by atoms with E-state index in [2.05, 4.69) is 15.3 Å². The van der Waals surface area contributed by atoms with Crippen LogP contribution in [-0.4, -0.2) is 45.3 Å². The second-order valence-electron chi connectivity index (χ2n) is 9.13. The fraction of sp³-hybridized carbons (Fsp3) is 0.161. The zero-order valence-electron chi connectivity index (χ0n) is 20.8. The maximum Gasteiger partial charge on any atom is 0.224 e. The predicted molar refractivity (Wildman–Crippen MR) is 147 cm³/mol. The smallest absolute Gasteiger partial charge is 0.224 e. The number of hydrogen-bond donors (Lipinski definition) is 4. The monoisotopic (exact) mass is 507 g/mol. The Labute approximate surface area is 220 Å². The maximum absolute atomic E-state index is 12.5. The number of phenols is 1. The van der Waals surface area contributed by atoms with Gasteiger partial charge in [-0.3, -0.25) is 9.78 Å². The third kappa shape index (κ3) is 5.91. The maximum atomic E-state index is 12.5. The van der Waals surface area contributed by atoms with E-state index in [0.29, 0.717) is 17.7 Å². The number of nitrogens with one attached hydrogen (secondary N) is 2. The van der Waals surface area contributed by atoms with E-state index in [0.717, 1.165) is 33.3 Å². The number of phenolic OH excluding ortho intramolecular Hbond substituents is 1. The summed E-state index contributed by atoms with van der Waals surface area (Å²) in [6.45, 7) is 0.416. The molecule has 4 N–H and O–H groups in total. The van der Waals surface area contributed by atoms with Crippen LogP contribution in [-0.2, 0) is 22.6 Å². The van der Waals surface area contributed by atoms with Crippen LogP contribution in [0.25, 0.3) is 33.3 Å². The molecule has 0 bridgehead atoms. The third-order valence-corrected chi connectivity index (χ3v) is 6.44. The van der Waals surface area contributed by atoms with Crippen LogP contribution in [0.1, 0.15) is 11.1 Å². The molecule has 2 heterocycles. The first kappa shape index (κ1) is 25.2. The Balaban J connectivity index is 1.20. The summed E-state index contributed by atoms with van der Waals surface area (Å²) in [6.07, 6.45) is 3.22. The van der Waals surface area contributed by atoms with Crippen LogP contribution in [0.5, 0.6) is 5.75 Å². The quantitative estimate of drug-likeness (QED) is 0.216. The van der Waals surface area contributed by atoms with E-state index >= 15 is 0 Å². The number of pyridine rings is 1. The minimum atomic E-state index is -0.481. The van der Waals surface area contributed by atoms with E-state index in [1.54, 1.807) is 12.4 Å². The Kier molecular flexibility index (Phi) is 7.78. The summed E-state index contributed by atoms with van der Waals surface area (Å²) in [7, 11) is 0. The molecule has 7 heteroatoms. The fourth-order valence-corrected chi connectivity index (χ4v) is 4.35. The van der Waals surface area contributed by atoms with Crippen LogP contribution in [0.2, 0.25) is 0 Å². The number of benzene rings is 3. The number of aliphatic hydroxyl groups is 1. The van der Waals surface area contributed by atoms with E-state index in [4.69, 9.17) is 4.74 Å². The Hall–Kier alpha value is -4.46. The van der Waals surface area contributed by atoms with Gasteiger partial charge in [0.25, 0.3) is 0 Å². The van der Waals surface area contributed by atoms with E-state index < -0.39 is 6.10 Å². The van der Waals surface area contributed by atoms with Crippen molar-refractivity contribution in [1.29, 1.82) is 0 Å². The van der Waals surface area contributed by atoms with Crippen LogP contribution in [0, 0.1) is 0 Å². The number of rotatable bonds is 10. The summed E-state index contributed by atoms with van der Waals surface area (Å²) < 4.78 is 5.72. The lowest BCUT2D eigenvalue weighted by molar-refractivity contribution is -0.121. The first-order chi connectivity index (χ1) is 18.6. The average molecular weight is 508 g/mol. The molecule has 3 aromatic carbocycles. The van der Waals surface area contributed by atoms with E-state index in [-0.39, 0.29) is 31.2 Å². The van der Waals surface area contributed by atoms with Gasteiger partial charge < -0.3 is 25.3 Å². The van der Waals surface area contributed by atoms with Gasteiger partial charge in [0, 0.05) is 29.3 Å². The van der Waals surface area contributed by atoms with E-state index in [9.17, 15) is 15.0 Å². The van der Waals surface area contributed by atoms with Gasteiger partial charge in [-0.2, -0.15) is 0 Å². The Morgan fingerprint density at radius 3 is 2.50 bits per heavy atom. The summed E-state index contributed by atoms with van der Waals surface area (Å²) in [5.41, 5.74) is 5.83. The highest BCUT2D eigenvalue weighted by Crippen LogP contribution is 2.38. The molecule has 0 fully saturated rings. The molecular formula is C31H29N3O4. The Morgan fingerprint density at radius 1 is 0.947 bits per heavy atom. The fourth-order valence-electron chi connectivity index (χ4n) is 4.35. The van der Waals surface area contributed by atoms with Crippen molar-refractivity contribution in [2.75, 3.05) is 13.2 Å². The summed E-state index contributed by atoms with van der Waals surface area (Å²) in [6, 6.07) is 26.8. The molecule has 1 amide bonds. The number of fused-ring (bicyclic) bond motifs is 1. The normalized spacial score (nSPS) is 11.9. The van der Waals surface area contributed by atoms with Gasteiger partial charge in [-0.25, -0.2) is 0 Å². The highest BCUT2D eigenvalue weighted by atomic mass is 16.5. The zero-order chi connectivity index (χ0) is 26.3. The van der Waals surface area contributed by atoms with Crippen molar-refractivity contribution in [1.82, 2.24) is 15.3 Å². The Morgan fingerprint density at radius 2 is 1.74 bits per heavy atom.